The summed E-state index contributed by atoms with van der Waals surface area (Å²) in [4.78, 5) is 2.09. The zero-order chi connectivity index (χ0) is 19.6. The van der Waals surface area contributed by atoms with E-state index in [1.54, 1.807) is 0 Å². The molecule has 26 heavy (non-hydrogen) atoms. The normalized spacial score (nSPS) is 12.6. The molecule has 0 aliphatic carbocycles. The minimum atomic E-state index is -0.905. The molecule has 148 valence electrons. The molecule has 0 bridgehead atoms. The number of unbranched alkanes of at least 4 members (excludes halogenated alkanes) is 2. The maximum atomic E-state index is 6.00. The Balaban J connectivity index is 2.20. The van der Waals surface area contributed by atoms with Gasteiger partial charge < -0.3 is 13.8 Å². The number of ether oxygens (including phenoxy) is 1. The zero-order valence-electron chi connectivity index (χ0n) is 17.5. The lowest BCUT2D eigenvalue weighted by molar-refractivity contribution is 0.219. The Kier molecular flexibility index (Phi) is 9.89. The molecule has 1 aromatic rings. The van der Waals surface area contributed by atoms with Gasteiger partial charge >= 0.3 is 0 Å². The number of allylic oxidation sites excluding steroid dienone is 1. The van der Waals surface area contributed by atoms with E-state index in [1.165, 1.54) is 18.5 Å². The van der Waals surface area contributed by atoms with E-state index in [9.17, 15) is 0 Å². The van der Waals surface area contributed by atoms with E-state index in [0.29, 0.717) is 6.10 Å². The minimum Gasteiger partial charge on any atom is -0.494 e. The van der Waals surface area contributed by atoms with Crippen LogP contribution in [0.1, 0.15) is 38.7 Å². The van der Waals surface area contributed by atoms with Crippen molar-refractivity contribution in [2.24, 2.45) is 0 Å². The molecule has 0 fully saturated rings. The van der Waals surface area contributed by atoms with Crippen molar-refractivity contribution in [1.29, 1.82) is 0 Å². The van der Waals surface area contributed by atoms with Crippen LogP contribution >= 0.6 is 10.3 Å². The topological polar surface area (TPSA) is 21.7 Å². The van der Waals surface area contributed by atoms with Crippen molar-refractivity contribution in [3.8, 4) is 0 Å². The Bertz CT molecular complexity index is 562. The van der Waals surface area contributed by atoms with E-state index in [-0.39, 0.29) is 0 Å². The molecular formula is C22H37NO2S. The average molecular weight is 380 g/mol. The SMILES string of the molecule is C=C(/C=C/c1ccc(N(C)C)cc1)OCCCCCS(C)(C)OC(C)C. The van der Waals surface area contributed by atoms with Crippen LogP contribution in [0.5, 0.6) is 0 Å². The van der Waals surface area contributed by atoms with Gasteiger partial charge in [-0.25, -0.2) is 0 Å². The lowest BCUT2D eigenvalue weighted by Crippen LogP contribution is -2.11. The fraction of sp³-hybridized carbons (Fsp3) is 0.545. The molecule has 0 radical (unpaired) electrons. The summed E-state index contributed by atoms with van der Waals surface area (Å²) < 4.78 is 11.7. The molecule has 0 spiro atoms. The van der Waals surface area contributed by atoms with Crippen molar-refractivity contribution < 1.29 is 8.92 Å². The molecule has 1 aromatic carbocycles. The van der Waals surface area contributed by atoms with Crippen molar-refractivity contribution >= 4 is 22.1 Å². The number of benzene rings is 1. The number of rotatable bonds is 12. The van der Waals surface area contributed by atoms with E-state index >= 15 is 0 Å². The lowest BCUT2D eigenvalue weighted by atomic mass is 10.2. The lowest BCUT2D eigenvalue weighted by Gasteiger charge is -2.33. The quantitative estimate of drug-likeness (QED) is 0.257. The monoisotopic (exact) mass is 379 g/mol. The van der Waals surface area contributed by atoms with Crippen LogP contribution in [0.4, 0.5) is 5.69 Å². The van der Waals surface area contributed by atoms with Gasteiger partial charge in [-0.1, -0.05) is 24.8 Å². The number of hydrogen-bond donors (Lipinski definition) is 0. The van der Waals surface area contributed by atoms with Crippen molar-refractivity contribution in [3.63, 3.8) is 0 Å². The van der Waals surface area contributed by atoms with Gasteiger partial charge in [0.2, 0.25) is 0 Å². The Hall–Kier alpha value is -1.39. The molecule has 0 aromatic heterocycles. The third-order valence-corrected chi connectivity index (χ3v) is 6.07. The highest BCUT2D eigenvalue weighted by Gasteiger charge is 2.13. The third-order valence-electron chi connectivity index (χ3n) is 3.89. The van der Waals surface area contributed by atoms with Gasteiger partial charge in [0.25, 0.3) is 0 Å². The number of nitrogens with zero attached hydrogens (tertiary/aromatic N) is 1. The van der Waals surface area contributed by atoms with Gasteiger partial charge in [-0.3, -0.25) is 0 Å². The Labute approximate surface area is 162 Å². The molecular weight excluding hydrogens is 342 g/mol. The van der Waals surface area contributed by atoms with E-state index in [4.69, 9.17) is 8.92 Å². The van der Waals surface area contributed by atoms with E-state index in [1.807, 2.05) is 26.2 Å². The zero-order valence-corrected chi connectivity index (χ0v) is 18.3. The largest absolute Gasteiger partial charge is 0.494 e. The third kappa shape index (κ3) is 9.93. The Morgan fingerprint density at radius 3 is 2.35 bits per heavy atom. The molecule has 0 aliphatic heterocycles. The van der Waals surface area contributed by atoms with Crippen LogP contribution in [0.15, 0.2) is 42.7 Å². The van der Waals surface area contributed by atoms with E-state index < -0.39 is 10.3 Å². The summed E-state index contributed by atoms with van der Waals surface area (Å²) in [5.41, 5.74) is 2.34. The predicted molar refractivity (Wildman–Crippen MR) is 119 cm³/mol. The van der Waals surface area contributed by atoms with E-state index in [2.05, 4.69) is 62.1 Å². The smallest absolute Gasteiger partial charge is 0.112 e. The number of anilines is 1. The molecule has 0 saturated carbocycles. The maximum absolute atomic E-state index is 6.00. The molecule has 0 unspecified atom stereocenters. The highest BCUT2D eigenvalue weighted by atomic mass is 32.3. The summed E-state index contributed by atoms with van der Waals surface area (Å²) in [5, 5.41) is 0. The standard InChI is InChI=1S/C22H37NO2S/c1-19(2)25-26(6,7)18-10-8-9-17-24-20(3)11-12-21-13-15-22(16-14-21)23(4)5/h11-16,19H,3,8-10,17-18H2,1-2,4-7H3/b12-11+. The van der Waals surface area contributed by atoms with Gasteiger partial charge in [0.15, 0.2) is 0 Å². The minimum absolute atomic E-state index is 0.317. The van der Waals surface area contributed by atoms with Crippen LogP contribution in [-0.4, -0.2) is 45.1 Å². The van der Waals surface area contributed by atoms with Gasteiger partial charge in [-0.2, -0.15) is 0 Å². The molecule has 1 rings (SSSR count). The number of hydrogen-bond acceptors (Lipinski definition) is 3. The summed E-state index contributed by atoms with van der Waals surface area (Å²) in [5.74, 6) is 1.88. The maximum Gasteiger partial charge on any atom is 0.112 e. The van der Waals surface area contributed by atoms with Gasteiger partial charge in [0.1, 0.15) is 5.76 Å². The first kappa shape index (κ1) is 22.7. The van der Waals surface area contributed by atoms with Crippen molar-refractivity contribution in [2.75, 3.05) is 43.9 Å². The molecule has 0 N–H and O–H groups in total. The summed E-state index contributed by atoms with van der Waals surface area (Å²) in [6.45, 7) is 8.92. The van der Waals surface area contributed by atoms with Crippen LogP contribution in [0.3, 0.4) is 0 Å². The summed E-state index contributed by atoms with van der Waals surface area (Å²) >= 11 is 0. The van der Waals surface area contributed by atoms with Gasteiger partial charge in [-0.05, 0) is 75.1 Å². The molecule has 0 amide bonds. The Morgan fingerprint density at radius 1 is 1.12 bits per heavy atom. The molecule has 0 saturated heterocycles. The second kappa shape index (κ2) is 11.3. The van der Waals surface area contributed by atoms with Gasteiger partial charge in [0.05, 0.1) is 12.7 Å². The second-order valence-corrected chi connectivity index (χ2v) is 11.0. The van der Waals surface area contributed by atoms with Crippen LogP contribution in [0.2, 0.25) is 0 Å². The van der Waals surface area contributed by atoms with E-state index in [0.717, 1.165) is 30.1 Å². The van der Waals surface area contributed by atoms with Crippen molar-refractivity contribution in [3.05, 3.63) is 48.2 Å². The summed E-state index contributed by atoms with van der Waals surface area (Å²) in [6, 6.07) is 8.41. The second-order valence-electron chi connectivity index (χ2n) is 7.48. The predicted octanol–water partition coefficient (Wildman–Crippen LogP) is 5.87. The fourth-order valence-electron chi connectivity index (χ4n) is 2.62. The first-order valence-corrected chi connectivity index (χ1v) is 11.9. The highest BCUT2D eigenvalue weighted by molar-refractivity contribution is 8.28. The summed E-state index contributed by atoms with van der Waals surface area (Å²) in [7, 11) is 3.18. The first-order chi connectivity index (χ1) is 12.2. The van der Waals surface area contributed by atoms with Crippen LogP contribution < -0.4 is 4.90 Å². The molecule has 4 heteroatoms. The molecule has 0 aliphatic rings. The molecule has 0 heterocycles. The highest BCUT2D eigenvalue weighted by Crippen LogP contribution is 2.43. The fourth-order valence-corrected chi connectivity index (χ4v) is 4.66. The van der Waals surface area contributed by atoms with Gasteiger partial charge in [0, 0.05) is 19.8 Å². The molecule has 3 nitrogen and oxygen atoms in total. The van der Waals surface area contributed by atoms with Crippen LogP contribution in [-0.2, 0) is 8.92 Å². The summed E-state index contributed by atoms with van der Waals surface area (Å²) in [6.07, 6.45) is 12.2. The van der Waals surface area contributed by atoms with Gasteiger partial charge in [-0.15, -0.1) is 10.3 Å². The Morgan fingerprint density at radius 2 is 1.77 bits per heavy atom. The van der Waals surface area contributed by atoms with Crippen molar-refractivity contribution in [2.45, 2.75) is 39.2 Å². The molecule has 0 atom stereocenters. The average Bonchev–Trinajstić information content (AvgIpc) is 2.55. The van der Waals surface area contributed by atoms with Crippen LogP contribution in [0.25, 0.3) is 6.08 Å². The van der Waals surface area contributed by atoms with Crippen molar-refractivity contribution in [1.82, 2.24) is 0 Å². The van der Waals surface area contributed by atoms with Crippen LogP contribution in [0, 0.1) is 0 Å². The first-order valence-electron chi connectivity index (χ1n) is 9.36.